The zero-order valence-corrected chi connectivity index (χ0v) is 13.0. The van der Waals surface area contributed by atoms with Gasteiger partial charge >= 0.3 is 0 Å². The highest BCUT2D eigenvalue weighted by molar-refractivity contribution is 7.09. The van der Waals surface area contributed by atoms with Crippen molar-refractivity contribution in [3.8, 4) is 6.07 Å². The van der Waals surface area contributed by atoms with E-state index < -0.39 is 5.91 Å². The molecular weight excluding hydrogens is 306 g/mol. The van der Waals surface area contributed by atoms with Crippen molar-refractivity contribution < 1.29 is 4.79 Å². The second-order valence-electron chi connectivity index (χ2n) is 4.33. The Bertz CT molecular complexity index is 759. The Morgan fingerprint density at radius 1 is 1.48 bits per heavy atom. The fourth-order valence-electron chi connectivity index (χ4n) is 1.68. The summed E-state index contributed by atoms with van der Waals surface area (Å²) in [5.41, 5.74) is 1.95. The molecule has 1 aromatic heterocycles. The molecule has 0 aliphatic rings. The normalized spacial score (nSPS) is 11.0. The van der Waals surface area contributed by atoms with Crippen LogP contribution in [0.5, 0.6) is 0 Å². The third-order valence-corrected chi connectivity index (χ3v) is 4.01. The Morgan fingerprint density at radius 3 is 2.86 bits per heavy atom. The summed E-state index contributed by atoms with van der Waals surface area (Å²) in [7, 11) is 0. The first-order valence-electron chi connectivity index (χ1n) is 6.11. The second-order valence-corrected chi connectivity index (χ2v) is 5.80. The molecule has 1 N–H and O–H groups in total. The Kier molecular flexibility index (Phi) is 4.73. The third kappa shape index (κ3) is 3.69. The van der Waals surface area contributed by atoms with Crippen LogP contribution < -0.4 is 5.32 Å². The number of carbonyl (C=O) groups is 1. The van der Waals surface area contributed by atoms with E-state index in [0.29, 0.717) is 16.4 Å². The molecule has 0 unspecified atom stereocenters. The number of carbonyl (C=O) groups excluding carboxylic acids is 1. The van der Waals surface area contributed by atoms with Crippen LogP contribution in [0.25, 0.3) is 6.08 Å². The van der Waals surface area contributed by atoms with Crippen LogP contribution in [0.3, 0.4) is 0 Å². The summed E-state index contributed by atoms with van der Waals surface area (Å²) in [5, 5.41) is 15.1. The van der Waals surface area contributed by atoms with Crippen LogP contribution in [-0.2, 0) is 4.79 Å². The molecule has 0 radical (unpaired) electrons. The van der Waals surface area contributed by atoms with Gasteiger partial charge in [0.25, 0.3) is 5.91 Å². The lowest BCUT2D eigenvalue weighted by atomic mass is 10.1. The van der Waals surface area contributed by atoms with Gasteiger partial charge < -0.3 is 5.32 Å². The van der Waals surface area contributed by atoms with Crippen LogP contribution in [0.2, 0.25) is 5.02 Å². The molecule has 0 bridgehead atoms. The SMILES string of the molecule is Cc1nc(/C=C(\C#N)C(=O)Nc2cccc(Cl)c2C)cs1. The molecule has 106 valence electrons. The van der Waals surface area contributed by atoms with Crippen molar-refractivity contribution in [3.63, 3.8) is 0 Å². The summed E-state index contributed by atoms with van der Waals surface area (Å²) in [6.45, 7) is 3.67. The highest BCUT2D eigenvalue weighted by atomic mass is 35.5. The van der Waals surface area contributed by atoms with E-state index in [1.165, 1.54) is 17.4 Å². The average molecular weight is 318 g/mol. The molecule has 21 heavy (non-hydrogen) atoms. The molecular formula is C15H12ClN3OS. The standard InChI is InChI=1S/C15H12ClN3OS/c1-9-13(16)4-3-5-14(9)19-15(20)11(7-17)6-12-8-21-10(2)18-12/h3-6,8H,1-2H3,(H,19,20)/b11-6+. The van der Waals surface area contributed by atoms with Gasteiger partial charge in [-0.15, -0.1) is 11.3 Å². The van der Waals surface area contributed by atoms with E-state index in [2.05, 4.69) is 10.3 Å². The van der Waals surface area contributed by atoms with Gasteiger partial charge in [0.2, 0.25) is 0 Å². The van der Waals surface area contributed by atoms with Gasteiger partial charge in [-0.3, -0.25) is 4.79 Å². The number of nitrogens with zero attached hydrogens (tertiary/aromatic N) is 2. The minimum atomic E-state index is -0.478. The maximum Gasteiger partial charge on any atom is 0.266 e. The van der Waals surface area contributed by atoms with Gasteiger partial charge in [-0.1, -0.05) is 17.7 Å². The molecule has 4 nitrogen and oxygen atoms in total. The Labute approximate surface area is 131 Å². The number of benzene rings is 1. The van der Waals surface area contributed by atoms with Crippen molar-refractivity contribution in [3.05, 3.63) is 50.4 Å². The van der Waals surface area contributed by atoms with E-state index in [1.54, 1.807) is 30.5 Å². The second kappa shape index (κ2) is 6.53. The zero-order chi connectivity index (χ0) is 15.4. The molecule has 0 aliphatic heterocycles. The van der Waals surface area contributed by atoms with Crippen molar-refractivity contribution in [2.24, 2.45) is 0 Å². The summed E-state index contributed by atoms with van der Waals surface area (Å²) in [6, 6.07) is 7.11. The Hall–Kier alpha value is -2.16. The summed E-state index contributed by atoms with van der Waals surface area (Å²) < 4.78 is 0. The molecule has 6 heteroatoms. The number of halogens is 1. The van der Waals surface area contributed by atoms with Crippen LogP contribution in [0.1, 0.15) is 16.3 Å². The molecule has 2 aromatic rings. The maximum atomic E-state index is 12.1. The highest BCUT2D eigenvalue weighted by Crippen LogP contribution is 2.23. The summed E-state index contributed by atoms with van der Waals surface area (Å²) in [6.07, 6.45) is 1.47. The number of amides is 1. The van der Waals surface area contributed by atoms with Gasteiger partial charge in [-0.25, -0.2) is 4.98 Å². The van der Waals surface area contributed by atoms with Crippen LogP contribution in [-0.4, -0.2) is 10.9 Å². The first-order chi connectivity index (χ1) is 10.0. The fraction of sp³-hybridized carbons (Fsp3) is 0.133. The lowest BCUT2D eigenvalue weighted by Crippen LogP contribution is -2.14. The fourth-order valence-corrected chi connectivity index (χ4v) is 2.42. The molecule has 0 atom stereocenters. The average Bonchev–Trinajstić information content (AvgIpc) is 2.86. The molecule has 0 aliphatic carbocycles. The largest absolute Gasteiger partial charge is 0.321 e. The topological polar surface area (TPSA) is 65.8 Å². The number of anilines is 1. The number of hydrogen-bond acceptors (Lipinski definition) is 4. The number of nitriles is 1. The van der Waals surface area contributed by atoms with E-state index in [9.17, 15) is 4.79 Å². The Balaban J connectivity index is 2.24. The molecule has 0 fully saturated rings. The van der Waals surface area contributed by atoms with Crippen molar-refractivity contribution in [1.82, 2.24) is 4.98 Å². The predicted octanol–water partition coefficient (Wildman–Crippen LogP) is 3.96. The van der Waals surface area contributed by atoms with Crippen molar-refractivity contribution in [2.75, 3.05) is 5.32 Å². The van der Waals surface area contributed by atoms with Crippen LogP contribution >= 0.6 is 22.9 Å². The molecule has 0 saturated heterocycles. The maximum absolute atomic E-state index is 12.1. The molecule has 1 heterocycles. The van der Waals surface area contributed by atoms with Crippen LogP contribution in [0.4, 0.5) is 5.69 Å². The number of aryl methyl sites for hydroxylation is 1. The van der Waals surface area contributed by atoms with Gasteiger partial charge in [0.1, 0.15) is 11.6 Å². The van der Waals surface area contributed by atoms with Gasteiger partial charge in [0.15, 0.2) is 0 Å². The van der Waals surface area contributed by atoms with Gasteiger partial charge in [-0.05, 0) is 37.6 Å². The van der Waals surface area contributed by atoms with Gasteiger partial charge in [-0.2, -0.15) is 5.26 Å². The Morgan fingerprint density at radius 2 is 2.24 bits per heavy atom. The molecule has 0 saturated carbocycles. The van der Waals surface area contributed by atoms with E-state index in [1.807, 2.05) is 13.0 Å². The molecule has 2 rings (SSSR count). The zero-order valence-electron chi connectivity index (χ0n) is 11.5. The molecule has 1 aromatic carbocycles. The first kappa shape index (κ1) is 15.2. The number of rotatable bonds is 3. The van der Waals surface area contributed by atoms with E-state index in [4.69, 9.17) is 16.9 Å². The van der Waals surface area contributed by atoms with Crippen molar-refractivity contribution in [2.45, 2.75) is 13.8 Å². The van der Waals surface area contributed by atoms with Crippen molar-refractivity contribution >= 4 is 40.6 Å². The van der Waals surface area contributed by atoms with Gasteiger partial charge in [0, 0.05) is 16.1 Å². The van der Waals surface area contributed by atoms with E-state index in [0.717, 1.165) is 10.6 Å². The predicted molar refractivity (Wildman–Crippen MR) is 85.3 cm³/mol. The minimum absolute atomic E-state index is 0.000300. The quantitative estimate of drug-likeness (QED) is 0.688. The van der Waals surface area contributed by atoms with Crippen molar-refractivity contribution in [1.29, 1.82) is 5.26 Å². The monoisotopic (exact) mass is 317 g/mol. The summed E-state index contributed by atoms with van der Waals surface area (Å²) >= 11 is 7.47. The molecule has 0 spiro atoms. The third-order valence-electron chi connectivity index (χ3n) is 2.81. The van der Waals surface area contributed by atoms with E-state index in [-0.39, 0.29) is 5.57 Å². The van der Waals surface area contributed by atoms with Crippen LogP contribution in [0.15, 0.2) is 29.2 Å². The summed E-state index contributed by atoms with van der Waals surface area (Å²) in [5.74, 6) is -0.478. The highest BCUT2D eigenvalue weighted by Gasteiger charge is 2.12. The number of nitrogens with one attached hydrogen (secondary N) is 1. The number of thiazole rings is 1. The van der Waals surface area contributed by atoms with Gasteiger partial charge in [0.05, 0.1) is 10.7 Å². The number of hydrogen-bond donors (Lipinski definition) is 1. The summed E-state index contributed by atoms with van der Waals surface area (Å²) in [4.78, 5) is 16.4. The molecule has 1 amide bonds. The van der Waals surface area contributed by atoms with E-state index >= 15 is 0 Å². The lowest BCUT2D eigenvalue weighted by Gasteiger charge is -2.08. The minimum Gasteiger partial charge on any atom is -0.321 e. The smallest absolute Gasteiger partial charge is 0.266 e. The first-order valence-corrected chi connectivity index (χ1v) is 7.37. The number of aromatic nitrogens is 1. The lowest BCUT2D eigenvalue weighted by molar-refractivity contribution is -0.112. The van der Waals surface area contributed by atoms with Crippen LogP contribution in [0, 0.1) is 25.2 Å².